The fourth-order valence-corrected chi connectivity index (χ4v) is 4.53. The zero-order valence-electron chi connectivity index (χ0n) is 15.9. The summed E-state index contributed by atoms with van der Waals surface area (Å²) in [6.07, 6.45) is 11.8. The molecular formula is C18H27N3O3S2. The lowest BCUT2D eigenvalue weighted by atomic mass is 10.2. The number of aryl methyl sites for hydroxylation is 2. The first kappa shape index (κ1) is 19.4. The van der Waals surface area contributed by atoms with Gasteiger partial charge in [0.25, 0.3) is 0 Å². The van der Waals surface area contributed by atoms with Crippen LogP contribution in [0.2, 0.25) is 0 Å². The molecule has 2 heterocycles. The molecule has 8 heteroatoms. The van der Waals surface area contributed by atoms with Gasteiger partial charge in [0, 0.05) is 16.8 Å². The van der Waals surface area contributed by atoms with Crippen LogP contribution in [0.1, 0.15) is 34.3 Å². The summed E-state index contributed by atoms with van der Waals surface area (Å²) in [6.45, 7) is 3.15. The van der Waals surface area contributed by atoms with Crippen LogP contribution in [0.25, 0.3) is 10.7 Å². The first-order valence-corrected chi connectivity index (χ1v) is 12.7. The van der Waals surface area contributed by atoms with Crippen LogP contribution in [0.4, 0.5) is 0 Å². The summed E-state index contributed by atoms with van der Waals surface area (Å²) in [5.41, 5.74) is 2.22. The van der Waals surface area contributed by atoms with E-state index in [1.807, 2.05) is 0 Å². The molecule has 0 radical (unpaired) electrons. The average Bonchev–Trinajstić information content (AvgIpc) is 3.24. The molecule has 0 spiro atoms. The van der Waals surface area contributed by atoms with E-state index in [4.69, 9.17) is 14.5 Å². The molecule has 0 aliphatic heterocycles. The third kappa shape index (κ3) is 4.66. The maximum Gasteiger partial charge on any atom is 0.342 e. The van der Waals surface area contributed by atoms with Gasteiger partial charge in [-0.3, -0.25) is 0 Å². The van der Waals surface area contributed by atoms with E-state index in [0.717, 1.165) is 35.7 Å². The molecule has 26 heavy (non-hydrogen) atoms. The van der Waals surface area contributed by atoms with Crippen molar-refractivity contribution in [2.45, 2.75) is 32.9 Å². The second-order valence-corrected chi connectivity index (χ2v) is 12.9. The van der Waals surface area contributed by atoms with Gasteiger partial charge in [-0.15, -0.1) is 11.3 Å². The maximum absolute atomic E-state index is 12.4. The van der Waals surface area contributed by atoms with Gasteiger partial charge < -0.3 is 9.47 Å². The molecule has 0 N–H and O–H groups in total. The molecule has 0 bridgehead atoms. The standard InChI is InChI=1S/C18H27N3O3S2/c1-5-24-18(22)13-11-21(12-23-9-10-26(2,3)4)20-16(13)17-19-14-7-6-8-15(14)25-17/h11H,5-10,12H2,1-4H3. The number of nitrogens with zero attached hydrogens (tertiary/aromatic N) is 3. The first-order valence-electron chi connectivity index (χ1n) is 8.84. The lowest BCUT2D eigenvalue weighted by Gasteiger charge is -2.24. The van der Waals surface area contributed by atoms with Crippen molar-refractivity contribution in [3.63, 3.8) is 0 Å². The Balaban J connectivity index is 1.77. The number of thiazole rings is 1. The fourth-order valence-electron chi connectivity index (χ4n) is 2.76. The molecule has 1 aliphatic carbocycles. The minimum Gasteiger partial charge on any atom is -0.462 e. The van der Waals surface area contributed by atoms with Crippen molar-refractivity contribution >= 4 is 27.3 Å². The Morgan fingerprint density at radius 2 is 2.15 bits per heavy atom. The summed E-state index contributed by atoms with van der Waals surface area (Å²) in [5, 5.41) is 5.38. The summed E-state index contributed by atoms with van der Waals surface area (Å²) in [5.74, 6) is 0.689. The predicted molar refractivity (Wildman–Crippen MR) is 107 cm³/mol. The molecule has 0 atom stereocenters. The molecule has 0 aromatic carbocycles. The molecule has 6 nitrogen and oxygen atoms in total. The van der Waals surface area contributed by atoms with Crippen LogP contribution in [-0.2, 0) is 29.0 Å². The van der Waals surface area contributed by atoms with Crippen LogP contribution < -0.4 is 0 Å². The smallest absolute Gasteiger partial charge is 0.342 e. The van der Waals surface area contributed by atoms with E-state index in [9.17, 15) is 4.79 Å². The summed E-state index contributed by atoms with van der Waals surface area (Å²) in [7, 11) is -0.581. The minimum atomic E-state index is -0.581. The number of carbonyl (C=O) groups is 1. The zero-order valence-corrected chi connectivity index (χ0v) is 17.5. The SMILES string of the molecule is CCOC(=O)c1cn(COCCS(C)(C)C)nc1-c1nc2c(s1)CCC2. The van der Waals surface area contributed by atoms with Crippen LogP contribution in [-0.4, -0.2) is 58.5 Å². The first-order chi connectivity index (χ1) is 12.4. The van der Waals surface area contributed by atoms with Gasteiger partial charge in [-0.05, 0) is 45.0 Å². The molecule has 0 fully saturated rings. The van der Waals surface area contributed by atoms with Crippen molar-refractivity contribution in [2.75, 3.05) is 37.7 Å². The zero-order chi connectivity index (χ0) is 18.7. The average molecular weight is 398 g/mol. The maximum atomic E-state index is 12.4. The monoisotopic (exact) mass is 397 g/mol. The summed E-state index contributed by atoms with van der Waals surface area (Å²) >= 11 is 1.64. The van der Waals surface area contributed by atoms with Crippen molar-refractivity contribution in [3.05, 3.63) is 22.3 Å². The van der Waals surface area contributed by atoms with E-state index in [0.29, 0.717) is 31.2 Å². The van der Waals surface area contributed by atoms with Gasteiger partial charge in [0.2, 0.25) is 0 Å². The highest BCUT2D eigenvalue weighted by molar-refractivity contribution is 8.32. The van der Waals surface area contributed by atoms with Gasteiger partial charge in [0.15, 0.2) is 0 Å². The number of fused-ring (bicyclic) bond motifs is 1. The number of carbonyl (C=O) groups excluding carboxylic acids is 1. The fraction of sp³-hybridized carbons (Fsp3) is 0.611. The highest BCUT2D eigenvalue weighted by Gasteiger charge is 2.24. The molecule has 3 rings (SSSR count). The van der Waals surface area contributed by atoms with Crippen molar-refractivity contribution in [1.29, 1.82) is 0 Å². The largest absolute Gasteiger partial charge is 0.462 e. The molecule has 1 aliphatic rings. The second-order valence-electron chi connectivity index (χ2n) is 7.23. The number of aromatic nitrogens is 3. The Bertz CT molecular complexity index is 756. The molecule has 0 unspecified atom stereocenters. The Labute approximate surface area is 160 Å². The van der Waals surface area contributed by atoms with Gasteiger partial charge in [-0.25, -0.2) is 24.5 Å². The van der Waals surface area contributed by atoms with Crippen LogP contribution in [0.5, 0.6) is 0 Å². The minimum absolute atomic E-state index is 0.326. The highest BCUT2D eigenvalue weighted by atomic mass is 32.3. The molecule has 2 aromatic heterocycles. The highest BCUT2D eigenvalue weighted by Crippen LogP contribution is 2.35. The molecular weight excluding hydrogens is 370 g/mol. The van der Waals surface area contributed by atoms with E-state index in [1.54, 1.807) is 29.1 Å². The van der Waals surface area contributed by atoms with Crippen LogP contribution in [0.15, 0.2) is 6.20 Å². The molecule has 144 valence electrons. The van der Waals surface area contributed by atoms with Crippen LogP contribution in [0, 0.1) is 0 Å². The molecule has 2 aromatic rings. The number of ether oxygens (including phenoxy) is 2. The topological polar surface area (TPSA) is 66.2 Å². The molecule has 0 saturated heterocycles. The molecule has 0 amide bonds. The van der Waals surface area contributed by atoms with E-state index in [-0.39, 0.29) is 5.97 Å². The Morgan fingerprint density at radius 3 is 2.85 bits per heavy atom. The van der Waals surface area contributed by atoms with Crippen molar-refractivity contribution < 1.29 is 14.3 Å². The number of rotatable bonds is 8. The summed E-state index contributed by atoms with van der Waals surface area (Å²) in [6, 6.07) is 0. The number of hydrogen-bond donors (Lipinski definition) is 0. The van der Waals surface area contributed by atoms with E-state index < -0.39 is 10.0 Å². The van der Waals surface area contributed by atoms with Gasteiger partial charge >= 0.3 is 5.97 Å². The van der Waals surface area contributed by atoms with E-state index in [2.05, 4.69) is 23.9 Å². The van der Waals surface area contributed by atoms with Gasteiger partial charge in [-0.1, -0.05) is 0 Å². The Hall–Kier alpha value is -1.38. The van der Waals surface area contributed by atoms with Crippen molar-refractivity contribution in [2.24, 2.45) is 0 Å². The van der Waals surface area contributed by atoms with E-state index in [1.165, 1.54) is 4.88 Å². The van der Waals surface area contributed by atoms with E-state index >= 15 is 0 Å². The number of esters is 1. The normalized spacial score (nSPS) is 14.5. The van der Waals surface area contributed by atoms with Gasteiger partial charge in [-0.2, -0.15) is 5.10 Å². The van der Waals surface area contributed by atoms with Crippen LogP contribution in [0.3, 0.4) is 0 Å². The van der Waals surface area contributed by atoms with Crippen molar-refractivity contribution in [3.8, 4) is 10.7 Å². The Kier molecular flexibility index (Phi) is 6.04. The predicted octanol–water partition coefficient (Wildman–Crippen LogP) is 3.34. The summed E-state index contributed by atoms with van der Waals surface area (Å²) in [4.78, 5) is 18.4. The van der Waals surface area contributed by atoms with Gasteiger partial charge in [0.1, 0.15) is 23.0 Å². The molecule has 0 saturated carbocycles. The Morgan fingerprint density at radius 1 is 1.35 bits per heavy atom. The number of hydrogen-bond acceptors (Lipinski definition) is 6. The quantitative estimate of drug-likeness (QED) is 0.505. The van der Waals surface area contributed by atoms with Crippen LogP contribution >= 0.6 is 21.4 Å². The lowest BCUT2D eigenvalue weighted by Crippen LogP contribution is -2.10. The second kappa shape index (κ2) is 8.10. The third-order valence-electron chi connectivity index (χ3n) is 4.12. The van der Waals surface area contributed by atoms with Gasteiger partial charge in [0.05, 0.1) is 18.9 Å². The van der Waals surface area contributed by atoms with Crippen molar-refractivity contribution in [1.82, 2.24) is 14.8 Å². The third-order valence-corrected chi connectivity index (χ3v) is 6.67. The lowest BCUT2D eigenvalue weighted by molar-refractivity contribution is 0.0525. The summed E-state index contributed by atoms with van der Waals surface area (Å²) < 4.78 is 12.6.